The zero-order chi connectivity index (χ0) is 23.5. The van der Waals surface area contributed by atoms with Crippen molar-refractivity contribution in [3.05, 3.63) is 48.0 Å². The van der Waals surface area contributed by atoms with Crippen LogP contribution < -0.4 is 11.2 Å². The fourth-order valence-corrected chi connectivity index (χ4v) is 3.34. The molecule has 0 radical (unpaired) electrons. The second-order valence-electron chi connectivity index (χ2n) is 7.17. The Morgan fingerprint density at radius 2 is 2.06 bits per heavy atom. The third kappa shape index (κ3) is 4.49. The van der Waals surface area contributed by atoms with Gasteiger partial charge >= 0.3 is 0 Å². The molecule has 0 aliphatic carbocycles. The number of carbonyl (C=O) groups is 1. The van der Waals surface area contributed by atoms with Crippen LogP contribution in [0.1, 0.15) is 30.6 Å². The first-order valence-corrected chi connectivity index (χ1v) is 10.1. The van der Waals surface area contributed by atoms with Gasteiger partial charge < -0.3 is 25.8 Å². The molecular weight excluding hydrogens is 432 g/mol. The van der Waals surface area contributed by atoms with E-state index < -0.39 is 36.6 Å². The number of nitrogen functional groups attached to an aromatic ring is 1. The van der Waals surface area contributed by atoms with Crippen LogP contribution in [0.3, 0.4) is 0 Å². The molecule has 0 spiro atoms. The van der Waals surface area contributed by atoms with Gasteiger partial charge in [-0.3, -0.25) is 14.2 Å². The number of aliphatic hydroxyl groups excluding tert-OH is 3. The molecule has 3 aromatic rings. The maximum absolute atomic E-state index is 12.2. The van der Waals surface area contributed by atoms with Gasteiger partial charge in [-0.1, -0.05) is 36.3 Å². The topological polar surface area (TPSA) is 178 Å². The van der Waals surface area contributed by atoms with Crippen LogP contribution in [0.25, 0.3) is 11.2 Å². The van der Waals surface area contributed by atoms with Crippen molar-refractivity contribution in [3.8, 4) is 11.8 Å². The Morgan fingerprint density at radius 3 is 2.79 bits per heavy atom. The Kier molecular flexibility index (Phi) is 6.50. The minimum absolute atomic E-state index is 0.00963. The maximum atomic E-state index is 12.2. The van der Waals surface area contributed by atoms with E-state index in [9.17, 15) is 20.1 Å². The first-order valence-electron chi connectivity index (χ1n) is 10.1. The number of amides is 1. The summed E-state index contributed by atoms with van der Waals surface area (Å²) in [7, 11) is 0. The molecule has 0 bridgehead atoms. The van der Waals surface area contributed by atoms with E-state index in [2.05, 4.69) is 32.3 Å². The maximum Gasteiger partial charge on any atom is 0.275 e. The Bertz CT molecular complexity index is 1210. The molecule has 0 saturated carbocycles. The summed E-state index contributed by atoms with van der Waals surface area (Å²) in [6.07, 6.45) is -5.31. The van der Waals surface area contributed by atoms with Crippen molar-refractivity contribution < 1.29 is 29.7 Å². The van der Waals surface area contributed by atoms with E-state index in [1.54, 1.807) is 31.2 Å². The largest absolute Gasteiger partial charge is 0.387 e. The number of hydrogen-bond acceptors (Lipinski definition) is 10. The number of anilines is 1. The van der Waals surface area contributed by atoms with Crippen molar-refractivity contribution >= 4 is 22.9 Å². The number of benzene rings is 1. The number of hydroxylamine groups is 1. The second kappa shape index (κ2) is 9.49. The van der Waals surface area contributed by atoms with E-state index in [-0.39, 0.29) is 29.4 Å². The van der Waals surface area contributed by atoms with E-state index in [1.165, 1.54) is 10.9 Å². The summed E-state index contributed by atoms with van der Waals surface area (Å²) in [5.74, 6) is 4.62. The minimum Gasteiger partial charge on any atom is -0.387 e. The van der Waals surface area contributed by atoms with E-state index in [1.807, 2.05) is 6.07 Å². The lowest BCUT2D eigenvalue weighted by Gasteiger charge is -2.16. The molecule has 3 heterocycles. The Labute approximate surface area is 188 Å². The lowest BCUT2D eigenvalue weighted by atomic mass is 10.1. The molecule has 1 aromatic carbocycles. The molecule has 1 aliphatic rings. The first-order chi connectivity index (χ1) is 15.9. The summed E-state index contributed by atoms with van der Waals surface area (Å²) < 4.78 is 6.91. The molecule has 0 unspecified atom stereocenters. The number of nitrogens with two attached hydrogens (primary N) is 1. The minimum atomic E-state index is -1.52. The van der Waals surface area contributed by atoms with Gasteiger partial charge in [-0.15, -0.1) is 0 Å². The van der Waals surface area contributed by atoms with Crippen molar-refractivity contribution in [3.63, 3.8) is 0 Å². The van der Waals surface area contributed by atoms with E-state index in [0.29, 0.717) is 5.56 Å². The molecule has 12 nitrogen and oxygen atoms in total. The van der Waals surface area contributed by atoms with Crippen molar-refractivity contribution in [2.45, 2.75) is 37.6 Å². The molecule has 1 amide bonds. The van der Waals surface area contributed by atoms with Gasteiger partial charge in [-0.25, -0.2) is 20.4 Å². The SMILES string of the molecule is CCONC(=O)[C@H]1O[C@@H](n2cnc3c(N)nc(C#C[C@@H](O)c4ccccc4)nc32)[C@H](O)[C@@H]1O. The van der Waals surface area contributed by atoms with Crippen molar-refractivity contribution in [2.75, 3.05) is 12.3 Å². The second-order valence-corrected chi connectivity index (χ2v) is 7.17. The Morgan fingerprint density at radius 1 is 1.30 bits per heavy atom. The van der Waals surface area contributed by atoms with E-state index in [0.717, 1.165) is 0 Å². The summed E-state index contributed by atoms with van der Waals surface area (Å²) in [5, 5.41) is 31.0. The quantitative estimate of drug-likeness (QED) is 0.242. The normalized spacial score (nSPS) is 23.2. The summed E-state index contributed by atoms with van der Waals surface area (Å²) in [4.78, 5) is 29.5. The first kappa shape index (κ1) is 22.6. The van der Waals surface area contributed by atoms with Crippen LogP contribution >= 0.6 is 0 Å². The molecule has 2 aromatic heterocycles. The number of imidazole rings is 1. The molecule has 1 fully saturated rings. The number of aromatic nitrogens is 4. The lowest BCUT2D eigenvalue weighted by Crippen LogP contribution is -2.42. The van der Waals surface area contributed by atoms with Gasteiger partial charge in [0.2, 0.25) is 5.82 Å². The Hall–Kier alpha value is -3.60. The highest BCUT2D eigenvalue weighted by Gasteiger charge is 2.48. The standard InChI is InChI=1S/C21H22N6O6/c1-2-32-26-20(31)17-15(29)16(30)21(33-17)27-10-23-14-18(22)24-13(25-19(14)27)9-8-12(28)11-6-4-3-5-7-11/h3-7,10,12,15-17,21,28-30H,2H2,1H3,(H,26,31)(H2,22,24,25)/t12-,15+,16-,17+,21-/m1/s1. The van der Waals surface area contributed by atoms with Gasteiger partial charge in [-0.2, -0.15) is 0 Å². The van der Waals surface area contributed by atoms with Crippen LogP contribution in [-0.4, -0.2) is 65.7 Å². The number of carbonyl (C=O) groups excluding carboxylic acids is 1. The molecule has 172 valence electrons. The fraction of sp³-hybridized carbons (Fsp3) is 0.333. The van der Waals surface area contributed by atoms with Gasteiger partial charge in [0, 0.05) is 0 Å². The number of nitrogens with zero attached hydrogens (tertiary/aromatic N) is 4. The highest BCUT2D eigenvalue weighted by molar-refractivity contribution is 5.82. The van der Waals surface area contributed by atoms with Crippen molar-refractivity contribution in [2.24, 2.45) is 0 Å². The summed E-state index contributed by atoms with van der Waals surface area (Å²) in [6, 6.07) is 8.85. The fourth-order valence-electron chi connectivity index (χ4n) is 3.34. The molecule has 33 heavy (non-hydrogen) atoms. The number of fused-ring (bicyclic) bond motifs is 1. The van der Waals surface area contributed by atoms with Gasteiger partial charge in [0.05, 0.1) is 12.9 Å². The third-order valence-corrected chi connectivity index (χ3v) is 4.97. The van der Waals surface area contributed by atoms with Crippen LogP contribution in [0.2, 0.25) is 0 Å². The molecule has 4 rings (SSSR count). The van der Waals surface area contributed by atoms with Gasteiger partial charge in [-0.05, 0) is 18.4 Å². The average molecular weight is 454 g/mol. The van der Waals surface area contributed by atoms with Gasteiger partial charge in [0.1, 0.15) is 23.8 Å². The summed E-state index contributed by atoms with van der Waals surface area (Å²) in [5.41, 5.74) is 9.13. The van der Waals surface area contributed by atoms with Crippen LogP contribution in [0, 0.1) is 11.8 Å². The van der Waals surface area contributed by atoms with E-state index >= 15 is 0 Å². The number of ether oxygens (including phenoxy) is 1. The molecule has 1 saturated heterocycles. The Balaban J connectivity index is 1.63. The summed E-state index contributed by atoms with van der Waals surface area (Å²) >= 11 is 0. The van der Waals surface area contributed by atoms with Crippen LogP contribution in [0.15, 0.2) is 36.7 Å². The van der Waals surface area contributed by atoms with Crippen molar-refractivity contribution in [1.82, 2.24) is 25.0 Å². The average Bonchev–Trinajstić information content (AvgIpc) is 3.37. The zero-order valence-corrected chi connectivity index (χ0v) is 17.5. The van der Waals surface area contributed by atoms with Gasteiger partial charge in [0.25, 0.3) is 5.91 Å². The number of hydrogen-bond donors (Lipinski definition) is 5. The predicted octanol–water partition coefficient (Wildman–Crippen LogP) is -0.819. The predicted molar refractivity (Wildman–Crippen MR) is 114 cm³/mol. The van der Waals surface area contributed by atoms with E-state index in [4.69, 9.17) is 15.3 Å². The van der Waals surface area contributed by atoms with Crippen LogP contribution in [0.5, 0.6) is 0 Å². The number of rotatable bonds is 5. The lowest BCUT2D eigenvalue weighted by molar-refractivity contribution is -0.150. The monoisotopic (exact) mass is 454 g/mol. The summed E-state index contributed by atoms with van der Waals surface area (Å²) in [6.45, 7) is 1.89. The smallest absolute Gasteiger partial charge is 0.275 e. The molecule has 6 N–H and O–H groups in total. The number of aliphatic hydroxyl groups is 3. The highest BCUT2D eigenvalue weighted by atomic mass is 16.7. The molecule has 12 heteroatoms. The molecular formula is C21H22N6O6. The van der Waals surface area contributed by atoms with Gasteiger partial charge in [0.15, 0.2) is 23.8 Å². The van der Waals surface area contributed by atoms with Crippen LogP contribution in [-0.2, 0) is 14.4 Å². The highest BCUT2D eigenvalue weighted by Crippen LogP contribution is 2.32. The van der Waals surface area contributed by atoms with Crippen LogP contribution in [0.4, 0.5) is 5.82 Å². The van der Waals surface area contributed by atoms with Crippen molar-refractivity contribution in [1.29, 1.82) is 0 Å². The third-order valence-electron chi connectivity index (χ3n) is 4.97. The number of nitrogens with one attached hydrogen (secondary N) is 1. The molecule has 1 aliphatic heterocycles. The zero-order valence-electron chi connectivity index (χ0n) is 17.5. The molecule has 5 atom stereocenters.